The normalized spacial score (nSPS) is 12.1. The maximum absolute atomic E-state index is 13.0. The van der Waals surface area contributed by atoms with Crippen molar-refractivity contribution in [3.63, 3.8) is 0 Å². The fourth-order valence-corrected chi connectivity index (χ4v) is 11.2. The number of esters is 3. The summed E-state index contributed by atoms with van der Waals surface area (Å²) in [5.74, 6) is -0.833. The van der Waals surface area contributed by atoms with Crippen molar-refractivity contribution < 1.29 is 28.6 Å². The summed E-state index contributed by atoms with van der Waals surface area (Å²) in [6.07, 6.45) is 84.9. The summed E-state index contributed by atoms with van der Waals surface area (Å²) in [6, 6.07) is 0. The smallest absolute Gasteiger partial charge is 0.306 e. The molecule has 6 heteroatoms. The number of hydrogen-bond acceptors (Lipinski definition) is 6. The minimum Gasteiger partial charge on any atom is -0.462 e. The Labute approximate surface area is 500 Å². The molecule has 0 fully saturated rings. The Morgan fingerprint density at radius 1 is 0.237 bits per heavy atom. The van der Waals surface area contributed by atoms with Crippen molar-refractivity contribution in [2.45, 2.75) is 419 Å². The van der Waals surface area contributed by atoms with E-state index in [4.69, 9.17) is 14.2 Å². The summed E-state index contributed by atoms with van der Waals surface area (Å²) in [5.41, 5.74) is 0. The monoisotopic (exact) mass is 1130 g/mol. The number of hydrogen-bond donors (Lipinski definition) is 0. The topological polar surface area (TPSA) is 78.9 Å². The van der Waals surface area contributed by atoms with Gasteiger partial charge in [-0.25, -0.2) is 0 Å². The fraction of sp³-hybridized carbons (Fsp3) is 0.905. The van der Waals surface area contributed by atoms with Crippen molar-refractivity contribution in [2.24, 2.45) is 0 Å². The predicted molar refractivity (Wildman–Crippen MR) is 349 cm³/mol. The third-order valence-electron chi connectivity index (χ3n) is 16.7. The average molecular weight is 1130 g/mol. The molecule has 0 spiro atoms. The van der Waals surface area contributed by atoms with Gasteiger partial charge in [0.2, 0.25) is 0 Å². The van der Waals surface area contributed by atoms with Crippen LogP contribution in [0.2, 0.25) is 0 Å². The largest absolute Gasteiger partial charge is 0.462 e. The van der Waals surface area contributed by atoms with Gasteiger partial charge >= 0.3 is 17.9 Å². The van der Waals surface area contributed by atoms with Crippen LogP contribution in [0.3, 0.4) is 0 Å². The second-order valence-corrected chi connectivity index (χ2v) is 24.9. The quantitative estimate of drug-likeness (QED) is 0.0261. The van der Waals surface area contributed by atoms with Gasteiger partial charge in [-0.3, -0.25) is 14.4 Å². The zero-order valence-electron chi connectivity index (χ0n) is 54.4. The van der Waals surface area contributed by atoms with E-state index in [1.807, 2.05) is 0 Å². The molecule has 0 aromatic heterocycles. The molecular formula is C74H140O6. The molecule has 472 valence electrons. The van der Waals surface area contributed by atoms with Crippen LogP contribution in [0.15, 0.2) is 24.3 Å². The highest BCUT2D eigenvalue weighted by Gasteiger charge is 2.19. The van der Waals surface area contributed by atoms with Crippen LogP contribution in [-0.4, -0.2) is 37.2 Å². The highest BCUT2D eigenvalue weighted by atomic mass is 16.6. The summed E-state index contributed by atoms with van der Waals surface area (Å²) >= 11 is 0. The van der Waals surface area contributed by atoms with Crippen LogP contribution < -0.4 is 0 Å². The van der Waals surface area contributed by atoms with Gasteiger partial charge in [0.25, 0.3) is 0 Å². The molecule has 0 aliphatic carbocycles. The molecule has 0 aliphatic heterocycles. The van der Waals surface area contributed by atoms with Crippen LogP contribution >= 0.6 is 0 Å². The number of unbranched alkanes of at least 4 members (excludes halogenated alkanes) is 53. The first-order valence-corrected chi connectivity index (χ1v) is 36.3. The predicted octanol–water partition coefficient (Wildman–Crippen LogP) is 25.0. The number of carbonyl (C=O) groups is 3. The van der Waals surface area contributed by atoms with Crippen molar-refractivity contribution in [3.8, 4) is 0 Å². The van der Waals surface area contributed by atoms with Gasteiger partial charge in [-0.2, -0.15) is 0 Å². The van der Waals surface area contributed by atoms with Crippen LogP contribution in [-0.2, 0) is 28.6 Å². The molecule has 0 radical (unpaired) electrons. The SMILES string of the molecule is CCCCCCCC/C=C\CCCCCCCCCCCC(=O)OC(COC(=O)CCCCCCCCCCCCCCCCCC)COC(=O)CCCCCCCCCCCCCCCCC/C=C\CCCCCCCCCC. The van der Waals surface area contributed by atoms with Gasteiger partial charge in [0.05, 0.1) is 0 Å². The first kappa shape index (κ1) is 77.9. The zero-order chi connectivity index (χ0) is 57.8. The zero-order valence-corrected chi connectivity index (χ0v) is 54.4. The van der Waals surface area contributed by atoms with E-state index in [0.717, 1.165) is 57.8 Å². The number of carbonyl (C=O) groups excluding carboxylic acids is 3. The lowest BCUT2D eigenvalue weighted by molar-refractivity contribution is -0.167. The number of allylic oxidation sites excluding steroid dienone is 4. The maximum atomic E-state index is 13.0. The van der Waals surface area contributed by atoms with Gasteiger partial charge in [-0.15, -0.1) is 0 Å². The molecule has 1 unspecified atom stereocenters. The van der Waals surface area contributed by atoms with Gasteiger partial charge in [0.1, 0.15) is 13.2 Å². The third kappa shape index (κ3) is 66.7. The molecule has 1 atom stereocenters. The summed E-state index contributed by atoms with van der Waals surface area (Å²) in [6.45, 7) is 6.72. The Morgan fingerprint density at radius 3 is 0.625 bits per heavy atom. The van der Waals surface area contributed by atoms with Gasteiger partial charge < -0.3 is 14.2 Å². The lowest BCUT2D eigenvalue weighted by atomic mass is 10.0. The molecule has 0 heterocycles. The summed E-state index contributed by atoms with van der Waals surface area (Å²) < 4.78 is 17.0. The van der Waals surface area contributed by atoms with E-state index >= 15 is 0 Å². The first-order chi connectivity index (χ1) is 39.5. The lowest BCUT2D eigenvalue weighted by Gasteiger charge is -2.18. The summed E-state index contributed by atoms with van der Waals surface area (Å²) in [5, 5.41) is 0. The molecule has 6 nitrogen and oxygen atoms in total. The Hall–Kier alpha value is -2.11. The fourth-order valence-electron chi connectivity index (χ4n) is 11.2. The minimum absolute atomic E-state index is 0.0655. The van der Waals surface area contributed by atoms with Gasteiger partial charge in [0, 0.05) is 19.3 Å². The van der Waals surface area contributed by atoms with Gasteiger partial charge in [-0.05, 0) is 70.6 Å². The van der Waals surface area contributed by atoms with Crippen molar-refractivity contribution in [2.75, 3.05) is 13.2 Å². The summed E-state index contributed by atoms with van der Waals surface area (Å²) in [7, 11) is 0. The second-order valence-electron chi connectivity index (χ2n) is 24.9. The Morgan fingerprint density at radius 2 is 0.412 bits per heavy atom. The molecule has 0 aromatic rings. The van der Waals surface area contributed by atoms with Crippen molar-refractivity contribution in [1.82, 2.24) is 0 Å². The number of rotatable bonds is 68. The molecular weight excluding hydrogens is 985 g/mol. The molecule has 80 heavy (non-hydrogen) atoms. The van der Waals surface area contributed by atoms with E-state index in [2.05, 4.69) is 45.1 Å². The molecule has 0 aliphatic rings. The summed E-state index contributed by atoms with van der Waals surface area (Å²) in [4.78, 5) is 38.5. The van der Waals surface area contributed by atoms with E-state index < -0.39 is 6.10 Å². The first-order valence-electron chi connectivity index (χ1n) is 36.3. The molecule has 0 N–H and O–H groups in total. The highest BCUT2D eigenvalue weighted by Crippen LogP contribution is 2.19. The van der Waals surface area contributed by atoms with E-state index in [-0.39, 0.29) is 31.1 Å². The number of ether oxygens (including phenoxy) is 3. The second kappa shape index (κ2) is 69.4. The van der Waals surface area contributed by atoms with Crippen molar-refractivity contribution >= 4 is 17.9 Å². The van der Waals surface area contributed by atoms with Crippen LogP contribution in [0, 0.1) is 0 Å². The van der Waals surface area contributed by atoms with Gasteiger partial charge in [-0.1, -0.05) is 347 Å². The molecule has 0 bridgehead atoms. The van der Waals surface area contributed by atoms with Crippen LogP contribution in [0.5, 0.6) is 0 Å². The third-order valence-corrected chi connectivity index (χ3v) is 16.7. The van der Waals surface area contributed by atoms with Crippen LogP contribution in [0.1, 0.15) is 412 Å². The minimum atomic E-state index is -0.770. The Bertz CT molecular complexity index is 1290. The Kier molecular flexibility index (Phi) is 67.6. The standard InChI is InChI=1S/C74H140O6/c1-4-7-10-13-16-19-22-25-28-31-33-34-35-36-37-38-39-40-42-43-46-49-52-55-58-61-64-67-73(76)79-70-71(69-78-72(75)66-63-60-57-54-51-48-45-30-27-24-21-18-15-12-9-6-3)80-74(77)68-65-62-59-56-53-50-47-44-41-32-29-26-23-20-17-14-11-8-5-2/h26,29,31,33,71H,4-25,27-28,30,32,34-70H2,1-3H3/b29-26-,33-31-. The maximum Gasteiger partial charge on any atom is 0.306 e. The molecule has 0 rings (SSSR count). The molecule has 0 saturated heterocycles. The van der Waals surface area contributed by atoms with E-state index in [1.54, 1.807) is 0 Å². The van der Waals surface area contributed by atoms with Crippen molar-refractivity contribution in [3.05, 3.63) is 24.3 Å². The average Bonchev–Trinajstić information content (AvgIpc) is 3.46. The lowest BCUT2D eigenvalue weighted by Crippen LogP contribution is -2.30. The highest BCUT2D eigenvalue weighted by molar-refractivity contribution is 5.71. The van der Waals surface area contributed by atoms with E-state index in [9.17, 15) is 14.4 Å². The van der Waals surface area contributed by atoms with Crippen LogP contribution in [0.25, 0.3) is 0 Å². The molecule has 0 saturated carbocycles. The van der Waals surface area contributed by atoms with E-state index in [1.165, 1.54) is 315 Å². The van der Waals surface area contributed by atoms with Crippen molar-refractivity contribution in [1.29, 1.82) is 0 Å². The van der Waals surface area contributed by atoms with Gasteiger partial charge in [0.15, 0.2) is 6.10 Å². The van der Waals surface area contributed by atoms with E-state index in [0.29, 0.717) is 19.3 Å². The van der Waals surface area contributed by atoms with Crippen LogP contribution in [0.4, 0.5) is 0 Å². The Balaban J connectivity index is 4.24. The molecule has 0 amide bonds. The molecule has 0 aromatic carbocycles.